The van der Waals surface area contributed by atoms with Crippen LogP contribution in [0.1, 0.15) is 15.9 Å². The molecule has 0 spiro atoms. The molecule has 3 aromatic rings. The lowest BCUT2D eigenvalue weighted by atomic mass is 10.1. The van der Waals surface area contributed by atoms with Crippen LogP contribution in [0.2, 0.25) is 0 Å². The third-order valence-electron chi connectivity index (χ3n) is 5.20. The summed E-state index contributed by atoms with van der Waals surface area (Å²) < 4.78 is 5.13. The maximum atomic E-state index is 12.8. The molecule has 0 unspecified atom stereocenters. The van der Waals surface area contributed by atoms with E-state index < -0.39 is 0 Å². The van der Waals surface area contributed by atoms with Crippen molar-refractivity contribution in [3.63, 3.8) is 0 Å². The molecule has 0 saturated carbocycles. The zero-order chi connectivity index (χ0) is 20.4. The molecule has 2 amide bonds. The number of ether oxygens (including phenoxy) is 1. The van der Waals surface area contributed by atoms with Crippen molar-refractivity contribution in [3.05, 3.63) is 64.1 Å². The van der Waals surface area contributed by atoms with E-state index in [-0.39, 0.29) is 17.5 Å². The fourth-order valence-corrected chi connectivity index (χ4v) is 3.54. The zero-order valence-corrected chi connectivity index (χ0v) is 16.1. The number of piperazine rings is 1. The molecule has 0 radical (unpaired) electrons. The molecule has 150 valence electrons. The van der Waals surface area contributed by atoms with E-state index in [0.717, 1.165) is 11.3 Å². The van der Waals surface area contributed by atoms with E-state index in [1.54, 1.807) is 35.1 Å². The number of carbonyl (C=O) groups is 2. The molecule has 4 rings (SSSR count). The Labute approximate surface area is 167 Å². The quantitative estimate of drug-likeness (QED) is 0.699. The van der Waals surface area contributed by atoms with Gasteiger partial charge in [0, 0.05) is 31.7 Å². The van der Waals surface area contributed by atoms with Gasteiger partial charge in [-0.2, -0.15) is 0 Å². The van der Waals surface area contributed by atoms with Crippen LogP contribution in [0.4, 0.5) is 0 Å². The lowest BCUT2D eigenvalue weighted by Gasteiger charge is -2.35. The summed E-state index contributed by atoms with van der Waals surface area (Å²) >= 11 is 0. The fourth-order valence-electron chi connectivity index (χ4n) is 3.54. The number of methoxy groups -OCH3 is 1. The first-order valence-corrected chi connectivity index (χ1v) is 9.45. The number of aromatic nitrogens is 2. The Bertz CT molecular complexity index is 1090. The first-order chi connectivity index (χ1) is 14.0. The van der Waals surface area contributed by atoms with Gasteiger partial charge in [-0.25, -0.2) is 4.79 Å². The van der Waals surface area contributed by atoms with Crippen molar-refractivity contribution >= 4 is 22.8 Å². The lowest BCUT2D eigenvalue weighted by Crippen LogP contribution is -2.51. The van der Waals surface area contributed by atoms with Gasteiger partial charge in [-0.15, -0.1) is 0 Å². The first kappa shape index (κ1) is 18.8. The van der Waals surface area contributed by atoms with Crippen LogP contribution < -0.4 is 10.4 Å². The van der Waals surface area contributed by atoms with Crippen molar-refractivity contribution < 1.29 is 14.3 Å². The highest BCUT2D eigenvalue weighted by Gasteiger charge is 2.25. The monoisotopic (exact) mass is 394 g/mol. The number of hydrogen-bond donors (Lipinski definition) is 2. The van der Waals surface area contributed by atoms with Gasteiger partial charge in [0.15, 0.2) is 0 Å². The Morgan fingerprint density at radius 2 is 1.59 bits per heavy atom. The molecule has 0 aliphatic carbocycles. The average molecular weight is 394 g/mol. The Morgan fingerprint density at radius 1 is 0.931 bits per heavy atom. The highest BCUT2D eigenvalue weighted by atomic mass is 16.5. The fraction of sp³-hybridized carbons (Fsp3) is 0.286. The maximum absolute atomic E-state index is 12.8. The second-order valence-corrected chi connectivity index (χ2v) is 7.04. The summed E-state index contributed by atoms with van der Waals surface area (Å²) in [6.45, 7) is 1.97. The van der Waals surface area contributed by atoms with Crippen molar-refractivity contribution in [1.29, 1.82) is 0 Å². The molecule has 8 nitrogen and oxygen atoms in total. The minimum absolute atomic E-state index is 0.0496. The largest absolute Gasteiger partial charge is 0.497 e. The predicted octanol–water partition coefficient (Wildman–Crippen LogP) is 1.39. The van der Waals surface area contributed by atoms with E-state index in [0.29, 0.717) is 49.2 Å². The summed E-state index contributed by atoms with van der Waals surface area (Å²) in [6, 6.07) is 12.6. The summed E-state index contributed by atoms with van der Waals surface area (Å²) in [6.07, 6.45) is 0.329. The van der Waals surface area contributed by atoms with Gasteiger partial charge < -0.3 is 24.5 Å². The number of benzene rings is 2. The van der Waals surface area contributed by atoms with Gasteiger partial charge >= 0.3 is 5.69 Å². The Morgan fingerprint density at radius 3 is 2.28 bits per heavy atom. The van der Waals surface area contributed by atoms with Crippen LogP contribution in [0.25, 0.3) is 11.0 Å². The van der Waals surface area contributed by atoms with E-state index >= 15 is 0 Å². The SMILES string of the molecule is COc1ccc(CC(=O)N2CCN(C(=O)c3ccc4[nH]c(=O)[nH]c4c3)CC2)cc1. The summed E-state index contributed by atoms with van der Waals surface area (Å²) in [5.41, 5.74) is 2.43. The van der Waals surface area contributed by atoms with Crippen LogP contribution in [0.5, 0.6) is 5.75 Å². The minimum Gasteiger partial charge on any atom is -0.497 e. The molecule has 1 aliphatic heterocycles. The smallest absolute Gasteiger partial charge is 0.323 e. The molecule has 8 heteroatoms. The average Bonchev–Trinajstić information content (AvgIpc) is 3.13. The minimum atomic E-state index is -0.298. The molecular formula is C21H22N4O4. The maximum Gasteiger partial charge on any atom is 0.323 e. The Balaban J connectivity index is 1.35. The normalized spacial score (nSPS) is 14.2. The van der Waals surface area contributed by atoms with Crippen molar-refractivity contribution in [2.45, 2.75) is 6.42 Å². The number of amides is 2. The number of fused-ring (bicyclic) bond motifs is 1. The predicted molar refractivity (Wildman–Crippen MR) is 108 cm³/mol. The van der Waals surface area contributed by atoms with Crippen molar-refractivity contribution in [3.8, 4) is 5.75 Å². The molecule has 2 N–H and O–H groups in total. The highest BCUT2D eigenvalue weighted by molar-refractivity contribution is 5.97. The van der Waals surface area contributed by atoms with Gasteiger partial charge in [0.05, 0.1) is 24.6 Å². The number of aromatic amines is 2. The van der Waals surface area contributed by atoms with Crippen molar-refractivity contribution in [2.75, 3.05) is 33.3 Å². The zero-order valence-electron chi connectivity index (χ0n) is 16.1. The number of imidazole rings is 1. The summed E-state index contributed by atoms with van der Waals surface area (Å²) in [7, 11) is 1.61. The van der Waals surface area contributed by atoms with Crippen LogP contribution in [-0.2, 0) is 11.2 Å². The second-order valence-electron chi connectivity index (χ2n) is 7.04. The van der Waals surface area contributed by atoms with E-state index in [9.17, 15) is 14.4 Å². The van der Waals surface area contributed by atoms with E-state index in [1.807, 2.05) is 24.3 Å². The van der Waals surface area contributed by atoms with Crippen LogP contribution in [-0.4, -0.2) is 64.9 Å². The van der Waals surface area contributed by atoms with Crippen molar-refractivity contribution in [1.82, 2.24) is 19.8 Å². The lowest BCUT2D eigenvalue weighted by molar-refractivity contribution is -0.131. The molecule has 1 aliphatic rings. The van der Waals surface area contributed by atoms with Crippen LogP contribution in [0.3, 0.4) is 0 Å². The molecule has 1 fully saturated rings. The highest BCUT2D eigenvalue weighted by Crippen LogP contribution is 2.16. The molecular weight excluding hydrogens is 372 g/mol. The third kappa shape index (κ3) is 4.01. The number of carbonyl (C=O) groups excluding carboxylic acids is 2. The number of hydrogen-bond acceptors (Lipinski definition) is 4. The Hall–Kier alpha value is -3.55. The van der Waals surface area contributed by atoms with Gasteiger partial charge in [0.1, 0.15) is 5.75 Å². The second kappa shape index (κ2) is 7.83. The first-order valence-electron chi connectivity index (χ1n) is 9.45. The number of nitrogens with zero attached hydrogens (tertiary/aromatic N) is 2. The molecule has 0 atom stereocenters. The standard InChI is InChI=1S/C21H22N4O4/c1-29-16-5-2-14(3-6-16)12-19(26)24-8-10-25(11-9-24)20(27)15-4-7-17-18(13-15)23-21(28)22-17/h2-7,13H,8-12H2,1H3,(H2,22,23,28). The third-order valence-corrected chi connectivity index (χ3v) is 5.20. The van der Waals surface area contributed by atoms with Gasteiger partial charge in [-0.3, -0.25) is 9.59 Å². The number of nitrogens with one attached hydrogen (secondary N) is 2. The van der Waals surface area contributed by atoms with E-state index in [4.69, 9.17) is 4.74 Å². The van der Waals surface area contributed by atoms with Crippen LogP contribution in [0, 0.1) is 0 Å². The van der Waals surface area contributed by atoms with Gasteiger partial charge in [-0.05, 0) is 35.9 Å². The van der Waals surface area contributed by atoms with Crippen LogP contribution in [0.15, 0.2) is 47.3 Å². The molecule has 2 heterocycles. The molecule has 0 bridgehead atoms. The number of H-pyrrole nitrogens is 2. The molecule has 1 aromatic heterocycles. The van der Waals surface area contributed by atoms with E-state index in [2.05, 4.69) is 9.97 Å². The Kier molecular flexibility index (Phi) is 5.07. The van der Waals surface area contributed by atoms with Gasteiger partial charge in [0.2, 0.25) is 5.91 Å². The topological polar surface area (TPSA) is 98.5 Å². The van der Waals surface area contributed by atoms with Crippen molar-refractivity contribution in [2.24, 2.45) is 0 Å². The van der Waals surface area contributed by atoms with E-state index in [1.165, 1.54) is 0 Å². The van der Waals surface area contributed by atoms with Crippen LogP contribution >= 0.6 is 0 Å². The van der Waals surface area contributed by atoms with Gasteiger partial charge in [0.25, 0.3) is 5.91 Å². The summed E-state index contributed by atoms with van der Waals surface area (Å²) in [5.74, 6) is 0.708. The summed E-state index contributed by atoms with van der Waals surface area (Å²) in [4.78, 5) is 45.6. The molecule has 2 aromatic carbocycles. The molecule has 29 heavy (non-hydrogen) atoms. The van der Waals surface area contributed by atoms with Gasteiger partial charge in [-0.1, -0.05) is 12.1 Å². The number of rotatable bonds is 4. The molecule has 1 saturated heterocycles. The summed E-state index contributed by atoms with van der Waals surface area (Å²) in [5, 5.41) is 0.